The maximum Gasteiger partial charge on any atom is 0.346 e. The molecule has 2 nitrogen and oxygen atoms in total. The van der Waals surface area contributed by atoms with Crippen LogP contribution in [0.15, 0.2) is 4.76 Å². The van der Waals surface area contributed by atoms with E-state index < -0.39 is 6.85 Å². The fraction of sp³-hybridized carbons (Fsp3) is 0.500. The molecule has 0 N–H and O–H groups in total. The molecule has 0 aromatic carbocycles. The Morgan fingerprint density at radius 3 is 2.71 bits per heavy atom. The van der Waals surface area contributed by atoms with Crippen LogP contribution in [-0.2, 0) is 16.6 Å². The fourth-order valence-corrected chi connectivity index (χ4v) is 0.477. The molecule has 0 aliphatic rings. The lowest BCUT2D eigenvalue weighted by Gasteiger charge is -1.58. The van der Waals surface area contributed by atoms with Gasteiger partial charge in [-0.05, 0) is 0 Å². The highest BCUT2D eigenvalue weighted by Crippen LogP contribution is 2.21. The van der Waals surface area contributed by atoms with Gasteiger partial charge in [-0.1, -0.05) is 11.6 Å². The lowest BCUT2D eigenvalue weighted by atomic mass is 11.7. The van der Waals surface area contributed by atoms with Crippen LogP contribution in [0.4, 0.5) is 0 Å². The highest BCUT2D eigenvalue weighted by atomic mass is 35.5. The Hall–Kier alpha value is 0.190. The third-order valence-corrected chi connectivity index (χ3v) is 2.50. The molecule has 0 heterocycles. The van der Waals surface area contributed by atoms with Gasteiger partial charge in [0.05, 0.1) is 0 Å². The van der Waals surface area contributed by atoms with Gasteiger partial charge in [0.1, 0.15) is 0 Å². The van der Waals surface area contributed by atoms with Crippen LogP contribution >= 0.6 is 18.4 Å². The van der Waals surface area contributed by atoms with Gasteiger partial charge in [0.2, 0.25) is 5.62 Å². The average molecular weight is 155 g/mol. The Bertz CT molecular complexity index is 121. The molecular formula is C2H2ClNOPS+. The van der Waals surface area contributed by atoms with Crippen molar-refractivity contribution in [3.8, 4) is 0 Å². The summed E-state index contributed by atoms with van der Waals surface area (Å²) in [5, 5.41) is 0. The van der Waals surface area contributed by atoms with Crippen LogP contribution in [0.25, 0.3) is 0 Å². The molecule has 0 bridgehead atoms. The van der Waals surface area contributed by atoms with Crippen LogP contribution < -0.4 is 0 Å². The third kappa shape index (κ3) is 4.03. The summed E-state index contributed by atoms with van der Waals surface area (Å²) in [5.41, 5.74) is 0.264. The molecule has 0 rings (SSSR count). The number of nitrogens with zero attached hydrogens (tertiary/aromatic N) is 1. The van der Waals surface area contributed by atoms with Gasteiger partial charge in [-0.3, -0.25) is 0 Å². The van der Waals surface area contributed by atoms with Crippen LogP contribution in [-0.4, -0.2) is 11.7 Å². The first-order chi connectivity index (χ1) is 3.31. The Morgan fingerprint density at radius 1 is 2.00 bits per heavy atom. The highest BCUT2D eigenvalue weighted by Gasteiger charge is 2.00. The molecule has 0 amide bonds. The van der Waals surface area contributed by atoms with Crippen molar-refractivity contribution in [1.82, 2.24) is 0 Å². The summed E-state index contributed by atoms with van der Waals surface area (Å²) in [5.74, 6) is 0. The molecule has 0 saturated heterocycles. The Balaban J connectivity index is 3.58. The van der Waals surface area contributed by atoms with Crippen LogP contribution in [0.3, 0.4) is 0 Å². The number of isocyanates is 1. The van der Waals surface area contributed by atoms with Crippen LogP contribution in [0.5, 0.6) is 0 Å². The number of alkyl halides is 1. The van der Waals surface area contributed by atoms with E-state index in [1.807, 2.05) is 0 Å². The smallest absolute Gasteiger partial charge is 0.207 e. The second kappa shape index (κ2) is 4.35. The molecule has 0 aromatic rings. The van der Waals surface area contributed by atoms with Crippen LogP contribution in [0, 0.1) is 0 Å². The Labute approximate surface area is 52.1 Å². The van der Waals surface area contributed by atoms with Gasteiger partial charge in [-0.25, -0.2) is 4.79 Å². The molecule has 0 radical (unpaired) electrons. The maximum absolute atomic E-state index is 9.37. The molecule has 1 unspecified atom stereocenters. The molecular weight excluding hydrogens is 153 g/mol. The summed E-state index contributed by atoms with van der Waals surface area (Å²) in [6, 6.07) is 0. The van der Waals surface area contributed by atoms with Crippen molar-refractivity contribution in [1.29, 1.82) is 0 Å². The van der Waals surface area contributed by atoms with Crippen molar-refractivity contribution in [2.24, 2.45) is 4.76 Å². The maximum atomic E-state index is 9.37. The van der Waals surface area contributed by atoms with Crippen LogP contribution in [0.2, 0.25) is 0 Å². The number of hydrogen-bond acceptors (Lipinski definition) is 2. The molecule has 0 aliphatic heterocycles. The minimum Gasteiger partial charge on any atom is -0.207 e. The topological polar surface area (TPSA) is 29.4 Å². The first-order valence-corrected chi connectivity index (χ1v) is 4.42. The van der Waals surface area contributed by atoms with Gasteiger partial charge in [0.25, 0.3) is 6.08 Å². The molecule has 0 aromatic heterocycles. The fourth-order valence-electron chi connectivity index (χ4n) is 0.0723. The van der Waals surface area contributed by atoms with E-state index in [9.17, 15) is 4.79 Å². The predicted octanol–water partition coefficient (Wildman–Crippen LogP) is 1.38. The Kier molecular flexibility index (Phi) is 4.47. The quantitative estimate of drug-likeness (QED) is 0.260. The van der Waals surface area contributed by atoms with E-state index in [-0.39, 0.29) is 5.62 Å². The van der Waals surface area contributed by atoms with Gasteiger partial charge in [-0.2, -0.15) is 0 Å². The van der Waals surface area contributed by atoms with Crippen molar-refractivity contribution in [2.45, 2.75) is 0 Å². The van der Waals surface area contributed by atoms with Gasteiger partial charge in [0.15, 0.2) is 11.8 Å². The molecule has 7 heavy (non-hydrogen) atoms. The summed E-state index contributed by atoms with van der Waals surface area (Å²) < 4.78 is 3.19. The largest absolute Gasteiger partial charge is 0.346 e. The lowest BCUT2D eigenvalue weighted by molar-refractivity contribution is 0.566. The zero-order valence-electron chi connectivity index (χ0n) is 3.30. The predicted molar refractivity (Wildman–Crippen MR) is 33.1 cm³/mol. The third-order valence-electron chi connectivity index (χ3n) is 0.255. The van der Waals surface area contributed by atoms with Crippen molar-refractivity contribution >= 4 is 36.3 Å². The van der Waals surface area contributed by atoms with Gasteiger partial charge >= 0.3 is 6.85 Å². The molecule has 0 aliphatic carbocycles. The minimum absolute atomic E-state index is 0.264. The van der Waals surface area contributed by atoms with Gasteiger partial charge in [0, 0.05) is 4.76 Å². The average Bonchev–Trinajstić information content (AvgIpc) is 1.68. The lowest BCUT2D eigenvalue weighted by Crippen LogP contribution is -1.52. The van der Waals surface area contributed by atoms with E-state index in [1.165, 1.54) is 6.08 Å². The number of rotatable bonds is 2. The van der Waals surface area contributed by atoms with E-state index in [0.29, 0.717) is 0 Å². The monoisotopic (exact) mass is 154 g/mol. The second-order valence-electron chi connectivity index (χ2n) is 0.663. The van der Waals surface area contributed by atoms with E-state index >= 15 is 0 Å². The van der Waals surface area contributed by atoms with Crippen molar-refractivity contribution in [2.75, 3.05) is 5.62 Å². The molecule has 1 atom stereocenters. The van der Waals surface area contributed by atoms with E-state index in [1.54, 1.807) is 0 Å². The van der Waals surface area contributed by atoms with Gasteiger partial charge in [-0.15, -0.1) is 0 Å². The number of halogens is 1. The SMILES string of the molecule is O=C=N[P+](=S)CCl. The molecule has 5 heteroatoms. The second-order valence-corrected chi connectivity index (χ2v) is 3.79. The molecule has 0 spiro atoms. The number of carbonyl (C=O) groups excluding carboxylic acids is 1. The van der Waals surface area contributed by atoms with Crippen molar-refractivity contribution < 1.29 is 4.79 Å². The van der Waals surface area contributed by atoms with E-state index in [0.717, 1.165) is 0 Å². The molecule has 38 valence electrons. The number of hydrogen-bond donors (Lipinski definition) is 0. The first-order valence-electron chi connectivity index (χ1n) is 1.39. The van der Waals surface area contributed by atoms with Gasteiger partial charge < -0.3 is 0 Å². The summed E-state index contributed by atoms with van der Waals surface area (Å²) in [6.07, 6.45) is 1.33. The summed E-state index contributed by atoms with van der Waals surface area (Å²) >= 11 is 9.72. The zero-order chi connectivity index (χ0) is 5.70. The Morgan fingerprint density at radius 2 is 2.57 bits per heavy atom. The molecule has 0 saturated carbocycles. The van der Waals surface area contributed by atoms with E-state index in [2.05, 4.69) is 16.6 Å². The standard InChI is InChI=1S/C2H2ClNOPS/c3-1-6(7)4-2-5/h1H2/q+1. The zero-order valence-corrected chi connectivity index (χ0v) is 5.76. The summed E-state index contributed by atoms with van der Waals surface area (Å²) in [4.78, 5) is 9.37. The first kappa shape index (κ1) is 7.19. The van der Waals surface area contributed by atoms with Crippen LogP contribution in [0.1, 0.15) is 0 Å². The van der Waals surface area contributed by atoms with Crippen molar-refractivity contribution in [3.63, 3.8) is 0 Å². The van der Waals surface area contributed by atoms with E-state index in [4.69, 9.17) is 11.6 Å². The normalized spacial score (nSPS) is 9.57. The highest BCUT2D eigenvalue weighted by molar-refractivity contribution is 8.05. The minimum atomic E-state index is -1.03. The summed E-state index contributed by atoms with van der Waals surface area (Å²) in [6.45, 7) is -1.03. The van der Waals surface area contributed by atoms with Crippen molar-refractivity contribution in [3.05, 3.63) is 0 Å². The summed E-state index contributed by atoms with van der Waals surface area (Å²) in [7, 11) is 0. The molecule has 0 fully saturated rings.